The Bertz CT molecular complexity index is 671. The van der Waals surface area contributed by atoms with Crippen LogP contribution in [0.1, 0.15) is 32.1 Å². The summed E-state index contributed by atoms with van der Waals surface area (Å²) in [4.78, 5) is 2.97. The number of hydrogen-bond donors (Lipinski definition) is 1. The molecule has 0 aromatic heterocycles. The normalized spacial score (nSPS) is 31.1. The van der Waals surface area contributed by atoms with E-state index in [1.54, 1.807) is 6.07 Å². The van der Waals surface area contributed by atoms with Gasteiger partial charge in [0.2, 0.25) is 0 Å². The molecule has 0 radical (unpaired) electrons. The fraction of sp³-hybridized carbons (Fsp3) is 0.625. The monoisotopic (exact) mass is 306 g/mol. The molecule has 3 atom stereocenters. The van der Waals surface area contributed by atoms with Crippen LogP contribution < -0.4 is 10.2 Å². The van der Waals surface area contributed by atoms with Gasteiger partial charge in [-0.1, -0.05) is 18.9 Å². The van der Waals surface area contributed by atoms with Crippen LogP contribution >= 0.6 is 0 Å². The van der Waals surface area contributed by atoms with Crippen molar-refractivity contribution in [2.75, 3.05) is 23.0 Å². The maximum atomic E-state index is 12.0. The number of rotatable bonds is 1. The Morgan fingerprint density at radius 3 is 2.86 bits per heavy atom. The molecule has 0 bridgehead atoms. The summed E-state index contributed by atoms with van der Waals surface area (Å²) in [5.41, 5.74) is 1.92. The topological polar surface area (TPSA) is 49.4 Å². The van der Waals surface area contributed by atoms with E-state index in [0.29, 0.717) is 17.0 Å². The molecule has 114 valence electrons. The van der Waals surface area contributed by atoms with Gasteiger partial charge >= 0.3 is 0 Å². The quantitative estimate of drug-likeness (QED) is 0.866. The SMILES string of the molecule is CS(=O)(=O)c1cccc2c1NCC1CC3CCCCC3N21. The summed E-state index contributed by atoms with van der Waals surface area (Å²) in [5.74, 6) is 0.790. The first kappa shape index (κ1) is 13.4. The molecular formula is C16H22N2O2S. The zero-order chi connectivity index (χ0) is 14.6. The van der Waals surface area contributed by atoms with Crippen LogP contribution in [0.15, 0.2) is 23.1 Å². The van der Waals surface area contributed by atoms with Gasteiger partial charge < -0.3 is 10.2 Å². The van der Waals surface area contributed by atoms with E-state index in [1.165, 1.54) is 38.4 Å². The first-order valence-corrected chi connectivity index (χ1v) is 9.80. The first-order valence-electron chi connectivity index (χ1n) is 7.91. The van der Waals surface area contributed by atoms with Gasteiger partial charge in [-0.2, -0.15) is 0 Å². The van der Waals surface area contributed by atoms with Gasteiger partial charge in [0.25, 0.3) is 0 Å². The van der Waals surface area contributed by atoms with Crippen molar-refractivity contribution in [1.29, 1.82) is 0 Å². The van der Waals surface area contributed by atoms with Crippen LogP contribution in [0, 0.1) is 5.92 Å². The number of para-hydroxylation sites is 1. The van der Waals surface area contributed by atoms with E-state index in [4.69, 9.17) is 0 Å². The Morgan fingerprint density at radius 2 is 2.05 bits per heavy atom. The van der Waals surface area contributed by atoms with Gasteiger partial charge in [0.1, 0.15) is 0 Å². The van der Waals surface area contributed by atoms with Crippen molar-refractivity contribution in [3.63, 3.8) is 0 Å². The zero-order valence-corrected chi connectivity index (χ0v) is 13.2. The Labute approximate surface area is 126 Å². The molecule has 0 amide bonds. The molecule has 1 N–H and O–H groups in total. The number of benzene rings is 1. The van der Waals surface area contributed by atoms with Crippen molar-refractivity contribution in [1.82, 2.24) is 0 Å². The van der Waals surface area contributed by atoms with Crippen LogP contribution in [0.4, 0.5) is 11.4 Å². The summed E-state index contributed by atoms with van der Waals surface area (Å²) in [6.07, 6.45) is 7.79. The molecular weight excluding hydrogens is 284 g/mol. The van der Waals surface area contributed by atoms with Gasteiger partial charge in [0.15, 0.2) is 9.84 Å². The van der Waals surface area contributed by atoms with Crippen molar-refractivity contribution in [2.45, 2.75) is 49.1 Å². The molecule has 1 aliphatic carbocycles. The number of hydrogen-bond acceptors (Lipinski definition) is 4. The molecule has 21 heavy (non-hydrogen) atoms. The van der Waals surface area contributed by atoms with Crippen LogP contribution in [0.2, 0.25) is 0 Å². The molecule has 5 heteroatoms. The molecule has 3 aliphatic rings. The van der Waals surface area contributed by atoms with Gasteiger partial charge in [0.05, 0.1) is 16.3 Å². The lowest BCUT2D eigenvalue weighted by molar-refractivity contribution is 0.342. The second-order valence-electron chi connectivity index (χ2n) is 6.71. The van der Waals surface area contributed by atoms with Gasteiger partial charge in [-0.3, -0.25) is 0 Å². The molecule has 3 unspecified atom stereocenters. The maximum Gasteiger partial charge on any atom is 0.177 e. The molecule has 2 aliphatic heterocycles. The summed E-state index contributed by atoms with van der Waals surface area (Å²) >= 11 is 0. The zero-order valence-electron chi connectivity index (χ0n) is 12.4. The van der Waals surface area contributed by atoms with E-state index in [1.807, 2.05) is 6.07 Å². The van der Waals surface area contributed by atoms with Crippen molar-refractivity contribution in [2.24, 2.45) is 5.92 Å². The van der Waals surface area contributed by atoms with E-state index < -0.39 is 9.84 Å². The van der Waals surface area contributed by atoms with Crippen molar-refractivity contribution < 1.29 is 8.42 Å². The average Bonchev–Trinajstić information content (AvgIpc) is 2.84. The number of fused-ring (bicyclic) bond motifs is 5. The fourth-order valence-electron chi connectivity index (χ4n) is 4.56. The first-order chi connectivity index (χ1) is 10.1. The standard InChI is InChI=1S/C16H22N2O2S/c1-21(19,20)15-8-4-7-14-16(15)17-10-12-9-11-5-2-3-6-13(11)18(12)14/h4,7-8,11-13,17H,2-3,5-6,9-10H2,1H3. The number of sulfone groups is 1. The Kier molecular flexibility index (Phi) is 2.96. The maximum absolute atomic E-state index is 12.0. The number of nitrogens with zero attached hydrogens (tertiary/aromatic N) is 1. The number of anilines is 2. The Balaban J connectivity index is 1.81. The summed E-state index contributed by atoms with van der Waals surface area (Å²) in [6, 6.07) is 6.82. The lowest BCUT2D eigenvalue weighted by Crippen LogP contribution is -2.45. The van der Waals surface area contributed by atoms with Crippen molar-refractivity contribution in [3.05, 3.63) is 18.2 Å². The third-order valence-electron chi connectivity index (χ3n) is 5.39. The Hall–Kier alpha value is -1.23. The largest absolute Gasteiger partial charge is 0.380 e. The molecule has 1 saturated carbocycles. The predicted molar refractivity (Wildman–Crippen MR) is 84.7 cm³/mol. The minimum atomic E-state index is -3.19. The van der Waals surface area contributed by atoms with Gasteiger partial charge in [0, 0.05) is 24.9 Å². The summed E-state index contributed by atoms with van der Waals surface area (Å²) in [5, 5.41) is 3.40. The third-order valence-corrected chi connectivity index (χ3v) is 6.53. The third kappa shape index (κ3) is 2.05. The fourth-order valence-corrected chi connectivity index (χ4v) is 5.43. The highest BCUT2D eigenvalue weighted by atomic mass is 32.2. The lowest BCUT2D eigenvalue weighted by atomic mass is 9.85. The average molecular weight is 306 g/mol. The van der Waals surface area contributed by atoms with Crippen molar-refractivity contribution in [3.8, 4) is 0 Å². The molecule has 1 saturated heterocycles. The minimum absolute atomic E-state index is 0.442. The predicted octanol–water partition coefficient (Wildman–Crippen LogP) is 2.65. The van der Waals surface area contributed by atoms with Gasteiger partial charge in [-0.05, 0) is 37.3 Å². The molecule has 1 aromatic rings. The summed E-state index contributed by atoms with van der Waals surface area (Å²) in [6.45, 7) is 0.868. The van der Waals surface area contributed by atoms with Crippen molar-refractivity contribution >= 4 is 21.2 Å². The smallest absolute Gasteiger partial charge is 0.177 e. The van der Waals surface area contributed by atoms with Gasteiger partial charge in [-0.25, -0.2) is 8.42 Å². The van der Waals surface area contributed by atoms with E-state index in [9.17, 15) is 8.42 Å². The Morgan fingerprint density at radius 1 is 1.24 bits per heavy atom. The van der Waals surface area contributed by atoms with Crippen LogP contribution in [0.3, 0.4) is 0 Å². The molecule has 2 fully saturated rings. The molecule has 2 heterocycles. The van der Waals surface area contributed by atoms with Crippen LogP contribution in [0.5, 0.6) is 0 Å². The van der Waals surface area contributed by atoms with Crippen LogP contribution in [-0.4, -0.2) is 33.3 Å². The van der Waals surface area contributed by atoms with Crippen LogP contribution in [0.25, 0.3) is 0 Å². The second kappa shape index (κ2) is 4.63. The summed E-state index contributed by atoms with van der Waals surface area (Å²) < 4.78 is 24.0. The molecule has 1 aromatic carbocycles. The highest BCUT2D eigenvalue weighted by Crippen LogP contribution is 2.47. The van der Waals surface area contributed by atoms with Gasteiger partial charge in [-0.15, -0.1) is 0 Å². The highest BCUT2D eigenvalue weighted by molar-refractivity contribution is 7.90. The number of nitrogens with one attached hydrogen (secondary N) is 1. The molecule has 4 rings (SSSR count). The molecule has 4 nitrogen and oxygen atoms in total. The van der Waals surface area contributed by atoms with E-state index >= 15 is 0 Å². The summed E-state index contributed by atoms with van der Waals surface area (Å²) in [7, 11) is -3.19. The van der Waals surface area contributed by atoms with Crippen LogP contribution in [-0.2, 0) is 9.84 Å². The molecule has 0 spiro atoms. The minimum Gasteiger partial charge on any atom is -0.380 e. The highest BCUT2D eigenvalue weighted by Gasteiger charge is 2.44. The lowest BCUT2D eigenvalue weighted by Gasteiger charge is -2.40. The second-order valence-corrected chi connectivity index (χ2v) is 8.70. The van der Waals surface area contributed by atoms with E-state index in [-0.39, 0.29) is 0 Å². The van der Waals surface area contributed by atoms with E-state index in [0.717, 1.165) is 23.8 Å². The van der Waals surface area contributed by atoms with E-state index in [2.05, 4.69) is 16.3 Å².